The van der Waals surface area contributed by atoms with E-state index in [1.54, 1.807) is 24.3 Å². The van der Waals surface area contributed by atoms with E-state index in [2.05, 4.69) is 5.32 Å². The molecule has 1 fully saturated rings. The third-order valence-corrected chi connectivity index (χ3v) is 3.35. The van der Waals surface area contributed by atoms with Gasteiger partial charge in [0, 0.05) is 6.04 Å². The summed E-state index contributed by atoms with van der Waals surface area (Å²) in [6.45, 7) is 3.00. The van der Waals surface area contributed by atoms with Gasteiger partial charge in [-0.15, -0.1) is 0 Å². The molecule has 2 rings (SSSR count). The average Bonchev–Trinajstić information content (AvgIpc) is 2.40. The summed E-state index contributed by atoms with van der Waals surface area (Å²) in [6, 6.07) is 7.09. The molecule has 1 saturated heterocycles. The molecule has 4 nitrogen and oxygen atoms in total. The van der Waals surface area contributed by atoms with Gasteiger partial charge in [0.15, 0.2) is 0 Å². The minimum Gasteiger partial charge on any atom is -0.488 e. The van der Waals surface area contributed by atoms with Crippen LogP contribution in [-0.2, 0) is 0 Å². The largest absolute Gasteiger partial charge is 0.488 e. The van der Waals surface area contributed by atoms with Crippen LogP contribution in [0.1, 0.15) is 36.5 Å². The van der Waals surface area contributed by atoms with Crippen molar-refractivity contribution in [2.24, 2.45) is 0 Å². The van der Waals surface area contributed by atoms with E-state index in [0.29, 0.717) is 11.8 Å². The number of rotatable bonds is 4. The minimum atomic E-state index is -0.950. The number of carboxylic acid groups (broad SMARTS) is 1. The monoisotopic (exact) mass is 249 g/mol. The number of ether oxygens (including phenoxy) is 1. The molecule has 1 aromatic rings. The maximum Gasteiger partial charge on any atom is 0.339 e. The molecule has 98 valence electrons. The van der Waals surface area contributed by atoms with Crippen molar-refractivity contribution in [1.82, 2.24) is 5.32 Å². The first kappa shape index (κ1) is 12.9. The van der Waals surface area contributed by atoms with E-state index < -0.39 is 5.97 Å². The summed E-state index contributed by atoms with van der Waals surface area (Å²) >= 11 is 0. The van der Waals surface area contributed by atoms with Gasteiger partial charge in [0.1, 0.15) is 17.4 Å². The van der Waals surface area contributed by atoms with Gasteiger partial charge in [0.2, 0.25) is 0 Å². The summed E-state index contributed by atoms with van der Waals surface area (Å²) in [5, 5.41) is 12.5. The van der Waals surface area contributed by atoms with Crippen LogP contribution in [0.4, 0.5) is 0 Å². The van der Waals surface area contributed by atoms with Crippen molar-refractivity contribution in [3.8, 4) is 5.75 Å². The van der Waals surface area contributed by atoms with Crippen LogP contribution in [0, 0.1) is 0 Å². The van der Waals surface area contributed by atoms with Gasteiger partial charge in [-0.05, 0) is 38.4 Å². The lowest BCUT2D eigenvalue weighted by molar-refractivity contribution is 0.0686. The maximum absolute atomic E-state index is 11.1. The zero-order valence-electron chi connectivity index (χ0n) is 10.6. The molecule has 0 spiro atoms. The third-order valence-electron chi connectivity index (χ3n) is 3.35. The number of nitrogens with one attached hydrogen (secondary N) is 1. The first-order valence-electron chi connectivity index (χ1n) is 6.41. The predicted octanol–water partition coefficient (Wildman–Crippen LogP) is 2.29. The number of hydrogen-bond acceptors (Lipinski definition) is 3. The summed E-state index contributed by atoms with van der Waals surface area (Å²) in [7, 11) is 0. The number of carbonyl (C=O) groups is 1. The molecule has 18 heavy (non-hydrogen) atoms. The molecule has 0 radical (unpaired) electrons. The van der Waals surface area contributed by atoms with E-state index in [1.807, 2.05) is 6.92 Å². The lowest BCUT2D eigenvalue weighted by Crippen LogP contribution is -2.44. The molecule has 0 bridgehead atoms. The van der Waals surface area contributed by atoms with Gasteiger partial charge in [-0.3, -0.25) is 0 Å². The lowest BCUT2D eigenvalue weighted by Gasteiger charge is -2.29. The molecule has 1 aromatic carbocycles. The highest BCUT2D eigenvalue weighted by atomic mass is 16.5. The second-order valence-corrected chi connectivity index (χ2v) is 4.68. The standard InChI is InChI=1S/C14H19NO3/c1-10(12-7-4-5-9-15-12)18-13-8-3-2-6-11(13)14(16)17/h2-3,6,8,10,12,15H,4-5,7,9H2,1H3,(H,16,17). The zero-order valence-corrected chi connectivity index (χ0v) is 10.6. The Hall–Kier alpha value is -1.55. The Balaban J connectivity index is 2.06. The fraction of sp³-hybridized carbons (Fsp3) is 0.500. The summed E-state index contributed by atoms with van der Waals surface area (Å²) < 4.78 is 5.80. The molecule has 1 aliphatic rings. The molecule has 0 aromatic heterocycles. The van der Waals surface area contributed by atoms with Crippen molar-refractivity contribution in [3.63, 3.8) is 0 Å². The van der Waals surface area contributed by atoms with Crippen molar-refractivity contribution < 1.29 is 14.6 Å². The van der Waals surface area contributed by atoms with Gasteiger partial charge >= 0.3 is 5.97 Å². The smallest absolute Gasteiger partial charge is 0.339 e. The molecule has 4 heteroatoms. The first-order valence-corrected chi connectivity index (χ1v) is 6.41. The number of benzene rings is 1. The van der Waals surface area contributed by atoms with E-state index in [-0.39, 0.29) is 11.7 Å². The van der Waals surface area contributed by atoms with Crippen molar-refractivity contribution in [2.75, 3.05) is 6.54 Å². The van der Waals surface area contributed by atoms with Crippen LogP contribution in [0.25, 0.3) is 0 Å². The lowest BCUT2D eigenvalue weighted by atomic mass is 10.0. The third kappa shape index (κ3) is 3.01. The minimum absolute atomic E-state index is 0.0224. The Kier molecular flexibility index (Phi) is 4.20. The van der Waals surface area contributed by atoms with Crippen molar-refractivity contribution in [2.45, 2.75) is 38.3 Å². The van der Waals surface area contributed by atoms with Gasteiger partial charge in [-0.1, -0.05) is 18.6 Å². The Morgan fingerprint density at radius 3 is 2.89 bits per heavy atom. The maximum atomic E-state index is 11.1. The quantitative estimate of drug-likeness (QED) is 0.859. The van der Waals surface area contributed by atoms with E-state index >= 15 is 0 Å². The molecule has 1 heterocycles. The molecule has 2 unspecified atom stereocenters. The number of para-hydroxylation sites is 1. The summed E-state index contributed by atoms with van der Waals surface area (Å²) in [5.74, 6) is -0.501. The van der Waals surface area contributed by atoms with Gasteiger partial charge in [0.25, 0.3) is 0 Å². The van der Waals surface area contributed by atoms with Crippen LogP contribution < -0.4 is 10.1 Å². The van der Waals surface area contributed by atoms with E-state index in [0.717, 1.165) is 13.0 Å². The highest BCUT2D eigenvalue weighted by molar-refractivity contribution is 5.90. The van der Waals surface area contributed by atoms with Crippen molar-refractivity contribution in [3.05, 3.63) is 29.8 Å². The van der Waals surface area contributed by atoms with Gasteiger partial charge in [0.05, 0.1) is 0 Å². The first-order chi connectivity index (χ1) is 8.68. The fourth-order valence-corrected chi connectivity index (χ4v) is 2.31. The highest BCUT2D eigenvalue weighted by Gasteiger charge is 2.22. The van der Waals surface area contributed by atoms with Crippen LogP contribution in [0.3, 0.4) is 0 Å². The fourth-order valence-electron chi connectivity index (χ4n) is 2.31. The van der Waals surface area contributed by atoms with Crippen LogP contribution >= 0.6 is 0 Å². The van der Waals surface area contributed by atoms with Crippen LogP contribution in [0.15, 0.2) is 24.3 Å². The normalized spacial score (nSPS) is 21.3. The Labute approximate surface area is 107 Å². The Morgan fingerprint density at radius 1 is 1.44 bits per heavy atom. The van der Waals surface area contributed by atoms with Crippen LogP contribution in [-0.4, -0.2) is 29.8 Å². The van der Waals surface area contributed by atoms with E-state index in [1.165, 1.54) is 12.8 Å². The zero-order chi connectivity index (χ0) is 13.0. The molecular weight excluding hydrogens is 230 g/mol. The van der Waals surface area contributed by atoms with Gasteiger partial charge in [-0.2, -0.15) is 0 Å². The summed E-state index contributed by atoms with van der Waals surface area (Å²) in [4.78, 5) is 11.1. The molecule has 2 N–H and O–H groups in total. The topological polar surface area (TPSA) is 58.6 Å². The molecule has 0 saturated carbocycles. The molecule has 2 atom stereocenters. The van der Waals surface area contributed by atoms with Gasteiger partial charge < -0.3 is 15.2 Å². The molecule has 1 aliphatic heterocycles. The average molecular weight is 249 g/mol. The highest BCUT2D eigenvalue weighted by Crippen LogP contribution is 2.21. The number of aromatic carboxylic acids is 1. The summed E-state index contributed by atoms with van der Waals surface area (Å²) in [5.41, 5.74) is 0.222. The van der Waals surface area contributed by atoms with Crippen LogP contribution in [0.2, 0.25) is 0 Å². The summed E-state index contributed by atoms with van der Waals surface area (Å²) in [6.07, 6.45) is 3.46. The van der Waals surface area contributed by atoms with E-state index in [9.17, 15) is 4.79 Å². The molecule has 0 amide bonds. The number of piperidine rings is 1. The Bertz CT molecular complexity index is 413. The number of carboxylic acids is 1. The predicted molar refractivity (Wildman–Crippen MR) is 69.1 cm³/mol. The second-order valence-electron chi connectivity index (χ2n) is 4.68. The van der Waals surface area contributed by atoms with Crippen molar-refractivity contribution >= 4 is 5.97 Å². The number of hydrogen-bond donors (Lipinski definition) is 2. The van der Waals surface area contributed by atoms with Crippen LogP contribution in [0.5, 0.6) is 5.75 Å². The second kappa shape index (κ2) is 5.87. The van der Waals surface area contributed by atoms with Gasteiger partial charge in [-0.25, -0.2) is 4.79 Å². The Morgan fingerprint density at radius 2 is 2.22 bits per heavy atom. The molecule has 0 aliphatic carbocycles. The SMILES string of the molecule is CC(Oc1ccccc1C(=O)O)C1CCCCN1. The van der Waals surface area contributed by atoms with Crippen molar-refractivity contribution in [1.29, 1.82) is 0 Å². The van der Waals surface area contributed by atoms with E-state index in [4.69, 9.17) is 9.84 Å². The molecular formula is C14H19NO3.